The molecule has 1 aromatic carbocycles. The van der Waals surface area contributed by atoms with E-state index in [2.05, 4.69) is 20.4 Å². The Bertz CT molecular complexity index is 803. The Balaban J connectivity index is 1.49. The van der Waals surface area contributed by atoms with Gasteiger partial charge >= 0.3 is 0 Å². The summed E-state index contributed by atoms with van der Waals surface area (Å²) in [5.41, 5.74) is 0.835. The monoisotopic (exact) mass is 342 g/mol. The highest BCUT2D eigenvalue weighted by Crippen LogP contribution is 2.19. The molecule has 0 fully saturated rings. The molecule has 7 heteroatoms. The van der Waals surface area contributed by atoms with Gasteiger partial charge < -0.3 is 9.84 Å². The van der Waals surface area contributed by atoms with Gasteiger partial charge in [0.2, 0.25) is 17.6 Å². The van der Waals surface area contributed by atoms with E-state index in [0.29, 0.717) is 41.8 Å². The molecule has 1 amide bonds. The molecule has 24 heavy (non-hydrogen) atoms. The predicted octanol–water partition coefficient (Wildman–Crippen LogP) is 3.75. The van der Waals surface area contributed by atoms with Gasteiger partial charge in [0.1, 0.15) is 5.82 Å². The van der Waals surface area contributed by atoms with Gasteiger partial charge in [-0.3, -0.25) is 4.79 Å². The average molecular weight is 343 g/mol. The van der Waals surface area contributed by atoms with Crippen molar-refractivity contribution in [1.82, 2.24) is 15.1 Å². The zero-order chi connectivity index (χ0) is 16.8. The lowest BCUT2D eigenvalue weighted by molar-refractivity contribution is -0.116. The minimum Gasteiger partial charge on any atom is -0.339 e. The maximum absolute atomic E-state index is 11.8. The maximum Gasteiger partial charge on any atom is 0.226 e. The normalized spacial score (nSPS) is 10.5. The molecule has 0 radical (unpaired) electrons. The lowest BCUT2D eigenvalue weighted by atomic mass is 10.2. The van der Waals surface area contributed by atoms with Crippen molar-refractivity contribution in [3.63, 3.8) is 0 Å². The van der Waals surface area contributed by atoms with Crippen LogP contribution in [0.4, 0.5) is 5.82 Å². The SMILES string of the molecule is O=C(CCCc1nc(-c2ccc(Cl)cc2)no1)Nc1ccccn1. The number of nitrogens with zero attached hydrogens (tertiary/aromatic N) is 3. The van der Waals surface area contributed by atoms with Crippen LogP contribution in [0.5, 0.6) is 0 Å². The molecule has 2 heterocycles. The summed E-state index contributed by atoms with van der Waals surface area (Å²) in [5, 5.41) is 7.33. The minimum atomic E-state index is -0.0915. The van der Waals surface area contributed by atoms with E-state index in [1.165, 1.54) is 0 Å². The Labute approximate surface area is 143 Å². The summed E-state index contributed by atoms with van der Waals surface area (Å²) >= 11 is 5.85. The Morgan fingerprint density at radius 3 is 2.75 bits per heavy atom. The van der Waals surface area contributed by atoms with Crippen LogP contribution in [0.15, 0.2) is 53.2 Å². The molecule has 2 aromatic heterocycles. The van der Waals surface area contributed by atoms with Crippen molar-refractivity contribution in [1.29, 1.82) is 0 Å². The van der Waals surface area contributed by atoms with Crippen molar-refractivity contribution >= 4 is 23.3 Å². The van der Waals surface area contributed by atoms with E-state index in [0.717, 1.165) is 5.56 Å². The fraction of sp³-hybridized carbons (Fsp3) is 0.176. The molecule has 0 aliphatic carbocycles. The number of carbonyl (C=O) groups is 1. The maximum atomic E-state index is 11.8. The first-order valence-corrected chi connectivity index (χ1v) is 7.88. The second-order valence-corrected chi connectivity index (χ2v) is 5.57. The zero-order valence-corrected chi connectivity index (χ0v) is 13.5. The third kappa shape index (κ3) is 4.39. The van der Waals surface area contributed by atoms with E-state index >= 15 is 0 Å². The second kappa shape index (κ2) is 7.70. The number of anilines is 1. The number of carbonyl (C=O) groups excluding carboxylic acids is 1. The standard InChI is InChI=1S/C17H15ClN4O2/c18-13-9-7-12(8-10-13)17-21-16(24-22-17)6-3-5-15(23)20-14-4-1-2-11-19-14/h1-2,4,7-11H,3,5-6H2,(H,19,20,23). The number of rotatable bonds is 6. The van der Waals surface area contributed by atoms with Gasteiger partial charge in [0.05, 0.1) is 0 Å². The molecule has 0 aliphatic rings. The Hall–Kier alpha value is -2.73. The molecule has 0 saturated carbocycles. The van der Waals surface area contributed by atoms with Gasteiger partial charge in [0.15, 0.2) is 0 Å². The van der Waals surface area contributed by atoms with Gasteiger partial charge in [-0.1, -0.05) is 22.8 Å². The molecule has 0 unspecified atom stereocenters. The number of aromatic nitrogens is 3. The van der Waals surface area contributed by atoms with Gasteiger partial charge in [-0.2, -0.15) is 4.98 Å². The summed E-state index contributed by atoms with van der Waals surface area (Å²) in [4.78, 5) is 20.2. The Morgan fingerprint density at radius 1 is 1.17 bits per heavy atom. The predicted molar refractivity (Wildman–Crippen MR) is 90.5 cm³/mol. The molecule has 122 valence electrons. The van der Waals surface area contributed by atoms with Crippen molar-refractivity contribution in [3.05, 3.63) is 59.6 Å². The molecule has 1 N–H and O–H groups in total. The average Bonchev–Trinajstić information content (AvgIpc) is 3.05. The van der Waals surface area contributed by atoms with E-state index in [1.807, 2.05) is 18.2 Å². The fourth-order valence-electron chi connectivity index (χ4n) is 2.11. The molecule has 3 aromatic rings. The highest BCUT2D eigenvalue weighted by molar-refractivity contribution is 6.30. The van der Waals surface area contributed by atoms with Crippen molar-refractivity contribution in [2.24, 2.45) is 0 Å². The molecular formula is C17H15ClN4O2. The van der Waals surface area contributed by atoms with E-state index < -0.39 is 0 Å². The number of hydrogen-bond donors (Lipinski definition) is 1. The summed E-state index contributed by atoms with van der Waals surface area (Å²) in [6.45, 7) is 0. The van der Waals surface area contributed by atoms with Crippen LogP contribution in [0, 0.1) is 0 Å². The molecular weight excluding hydrogens is 328 g/mol. The summed E-state index contributed by atoms with van der Waals surface area (Å²) in [7, 11) is 0. The van der Waals surface area contributed by atoms with Crippen LogP contribution >= 0.6 is 11.6 Å². The number of nitrogens with one attached hydrogen (secondary N) is 1. The molecule has 0 bridgehead atoms. The van der Waals surface area contributed by atoms with Crippen LogP contribution in [-0.4, -0.2) is 21.0 Å². The van der Waals surface area contributed by atoms with Crippen molar-refractivity contribution in [2.75, 3.05) is 5.32 Å². The van der Waals surface area contributed by atoms with Gasteiger partial charge in [-0.25, -0.2) is 4.98 Å². The molecule has 0 saturated heterocycles. The number of aryl methyl sites for hydroxylation is 1. The number of benzene rings is 1. The lowest BCUT2D eigenvalue weighted by Gasteiger charge is -2.02. The first-order valence-electron chi connectivity index (χ1n) is 7.50. The van der Waals surface area contributed by atoms with Crippen molar-refractivity contribution in [2.45, 2.75) is 19.3 Å². The molecule has 0 spiro atoms. The highest BCUT2D eigenvalue weighted by Gasteiger charge is 2.10. The van der Waals surface area contributed by atoms with E-state index in [-0.39, 0.29) is 5.91 Å². The highest BCUT2D eigenvalue weighted by atomic mass is 35.5. The molecule has 0 atom stereocenters. The largest absolute Gasteiger partial charge is 0.339 e. The summed E-state index contributed by atoms with van der Waals surface area (Å²) in [6, 6.07) is 12.6. The molecule has 6 nitrogen and oxygen atoms in total. The third-order valence-corrected chi connectivity index (χ3v) is 3.55. The van der Waals surface area contributed by atoms with E-state index in [1.54, 1.807) is 30.5 Å². The van der Waals surface area contributed by atoms with Crippen LogP contribution in [0.25, 0.3) is 11.4 Å². The van der Waals surface area contributed by atoms with Crippen LogP contribution in [-0.2, 0) is 11.2 Å². The Morgan fingerprint density at radius 2 is 2.00 bits per heavy atom. The summed E-state index contributed by atoms with van der Waals surface area (Å²) < 4.78 is 5.21. The smallest absolute Gasteiger partial charge is 0.226 e. The number of halogens is 1. The van der Waals surface area contributed by atoms with Crippen LogP contribution in [0.3, 0.4) is 0 Å². The summed E-state index contributed by atoms with van der Waals surface area (Å²) in [6.07, 6.45) is 3.14. The van der Waals surface area contributed by atoms with Crippen LogP contribution < -0.4 is 5.32 Å². The van der Waals surface area contributed by atoms with E-state index in [9.17, 15) is 4.79 Å². The lowest BCUT2D eigenvalue weighted by Crippen LogP contribution is -2.12. The van der Waals surface area contributed by atoms with E-state index in [4.69, 9.17) is 16.1 Å². The minimum absolute atomic E-state index is 0.0915. The fourth-order valence-corrected chi connectivity index (χ4v) is 2.24. The first-order chi connectivity index (χ1) is 11.7. The number of hydrogen-bond acceptors (Lipinski definition) is 5. The zero-order valence-electron chi connectivity index (χ0n) is 12.8. The quantitative estimate of drug-likeness (QED) is 0.737. The van der Waals surface area contributed by atoms with Gasteiger partial charge in [-0.05, 0) is 42.8 Å². The second-order valence-electron chi connectivity index (χ2n) is 5.14. The summed E-state index contributed by atoms with van der Waals surface area (Å²) in [5.74, 6) is 1.47. The van der Waals surface area contributed by atoms with Crippen molar-refractivity contribution < 1.29 is 9.32 Å². The van der Waals surface area contributed by atoms with Gasteiger partial charge in [0.25, 0.3) is 0 Å². The topological polar surface area (TPSA) is 80.9 Å². The van der Waals surface area contributed by atoms with Gasteiger partial charge in [0, 0.05) is 29.6 Å². The van der Waals surface area contributed by atoms with Gasteiger partial charge in [-0.15, -0.1) is 0 Å². The molecule has 0 aliphatic heterocycles. The first kappa shape index (κ1) is 16.1. The third-order valence-electron chi connectivity index (χ3n) is 3.30. The van der Waals surface area contributed by atoms with Crippen LogP contribution in [0.1, 0.15) is 18.7 Å². The molecule has 3 rings (SSSR count). The van der Waals surface area contributed by atoms with Crippen molar-refractivity contribution in [3.8, 4) is 11.4 Å². The van der Waals surface area contributed by atoms with Crippen LogP contribution in [0.2, 0.25) is 5.02 Å². The number of amides is 1. The Kier molecular flexibility index (Phi) is 5.18. The number of pyridine rings is 1.